The van der Waals surface area contributed by atoms with Gasteiger partial charge in [-0.25, -0.2) is 8.42 Å². The minimum absolute atomic E-state index is 0.0668. The molecule has 0 aliphatic rings. The van der Waals surface area contributed by atoms with Crippen LogP contribution in [0.3, 0.4) is 0 Å². The van der Waals surface area contributed by atoms with Crippen LogP contribution in [0.5, 0.6) is 0 Å². The van der Waals surface area contributed by atoms with Crippen LogP contribution in [0.2, 0.25) is 0 Å². The third-order valence-corrected chi connectivity index (χ3v) is 4.96. The van der Waals surface area contributed by atoms with Crippen LogP contribution in [0.1, 0.15) is 24.5 Å². The molecule has 1 rings (SSSR count). The van der Waals surface area contributed by atoms with Gasteiger partial charge in [-0.3, -0.25) is 0 Å². The van der Waals surface area contributed by atoms with Gasteiger partial charge in [0.2, 0.25) is 0 Å². The molecule has 0 radical (unpaired) electrons. The third kappa shape index (κ3) is 4.60. The average Bonchev–Trinajstić information content (AvgIpc) is 2.37. The lowest BCUT2D eigenvalue weighted by Crippen LogP contribution is -2.26. The fraction of sp³-hybridized carbons (Fsp3) is 0.571. The Morgan fingerprint density at radius 3 is 2.47 bits per heavy atom. The van der Waals surface area contributed by atoms with Crippen LogP contribution in [0.4, 0.5) is 0 Å². The molecule has 19 heavy (non-hydrogen) atoms. The second-order valence-corrected chi connectivity index (χ2v) is 6.78. The zero-order valence-electron chi connectivity index (χ0n) is 11.8. The second-order valence-electron chi connectivity index (χ2n) is 4.67. The van der Waals surface area contributed by atoms with E-state index in [1.54, 1.807) is 12.1 Å². The lowest BCUT2D eigenvalue weighted by atomic mass is 10.1. The predicted octanol–water partition coefficient (Wildman–Crippen LogP) is 1.83. The number of sulfone groups is 1. The average molecular weight is 285 g/mol. The topological polar surface area (TPSA) is 69.4 Å². The fourth-order valence-corrected chi connectivity index (χ4v) is 3.26. The van der Waals surface area contributed by atoms with E-state index in [1.807, 2.05) is 26.8 Å². The maximum Gasteiger partial charge on any atom is 0.178 e. The van der Waals surface area contributed by atoms with E-state index in [2.05, 4.69) is 0 Å². The van der Waals surface area contributed by atoms with Crippen LogP contribution in [0.25, 0.3) is 0 Å². The molecule has 2 N–H and O–H groups in total. The van der Waals surface area contributed by atoms with E-state index < -0.39 is 9.84 Å². The predicted molar refractivity (Wildman–Crippen MR) is 77.1 cm³/mol. The van der Waals surface area contributed by atoms with E-state index in [1.165, 1.54) is 0 Å². The summed E-state index contributed by atoms with van der Waals surface area (Å²) in [7, 11) is -3.26. The molecule has 1 unspecified atom stereocenters. The van der Waals surface area contributed by atoms with Gasteiger partial charge >= 0.3 is 0 Å². The summed E-state index contributed by atoms with van der Waals surface area (Å²) < 4.78 is 29.8. The molecule has 1 atom stereocenters. The molecule has 0 aromatic heterocycles. The summed E-state index contributed by atoms with van der Waals surface area (Å²) in [5.74, 6) is 0.0668. The molecule has 0 spiro atoms. The van der Waals surface area contributed by atoms with Crippen LogP contribution >= 0.6 is 0 Å². The minimum atomic E-state index is -3.26. The summed E-state index contributed by atoms with van der Waals surface area (Å²) in [6.45, 7) is 6.64. The lowest BCUT2D eigenvalue weighted by Gasteiger charge is -2.15. The van der Waals surface area contributed by atoms with E-state index in [0.29, 0.717) is 24.5 Å². The molecule has 4 nitrogen and oxygen atoms in total. The highest BCUT2D eigenvalue weighted by Crippen LogP contribution is 2.17. The number of rotatable bonds is 7. The van der Waals surface area contributed by atoms with Crippen LogP contribution in [-0.4, -0.2) is 33.4 Å². The fourth-order valence-electron chi connectivity index (χ4n) is 1.82. The molecule has 0 heterocycles. The Morgan fingerprint density at radius 2 is 1.95 bits per heavy atom. The zero-order valence-corrected chi connectivity index (χ0v) is 12.7. The van der Waals surface area contributed by atoms with Crippen LogP contribution in [0.15, 0.2) is 23.1 Å². The van der Waals surface area contributed by atoms with Crippen LogP contribution in [0, 0.1) is 13.8 Å². The SMILES string of the molecule is CCOC(CN)CCS(=O)(=O)c1ccc(C)c(C)c1. The molecule has 5 heteroatoms. The molecule has 0 aliphatic heterocycles. The first kappa shape index (κ1) is 16.1. The zero-order chi connectivity index (χ0) is 14.5. The van der Waals surface area contributed by atoms with Gasteiger partial charge in [-0.05, 0) is 50.5 Å². The van der Waals surface area contributed by atoms with Crippen molar-refractivity contribution in [3.05, 3.63) is 29.3 Å². The van der Waals surface area contributed by atoms with Gasteiger partial charge in [0.25, 0.3) is 0 Å². The van der Waals surface area contributed by atoms with Crippen molar-refractivity contribution in [1.29, 1.82) is 0 Å². The number of nitrogens with two attached hydrogens (primary N) is 1. The number of benzene rings is 1. The molecule has 0 fully saturated rings. The van der Waals surface area contributed by atoms with Gasteiger partial charge in [0.05, 0.1) is 16.8 Å². The number of ether oxygens (including phenoxy) is 1. The Hall–Kier alpha value is -0.910. The first-order chi connectivity index (χ1) is 8.90. The Balaban J connectivity index is 2.78. The maximum absolute atomic E-state index is 12.2. The van der Waals surface area contributed by atoms with E-state index in [0.717, 1.165) is 11.1 Å². The van der Waals surface area contributed by atoms with Gasteiger partial charge < -0.3 is 10.5 Å². The minimum Gasteiger partial charge on any atom is -0.377 e. The first-order valence-electron chi connectivity index (χ1n) is 6.52. The Bertz CT molecular complexity index is 511. The Morgan fingerprint density at radius 1 is 1.26 bits per heavy atom. The number of hydrogen-bond donors (Lipinski definition) is 1. The van der Waals surface area contributed by atoms with Gasteiger partial charge in [-0.2, -0.15) is 0 Å². The van der Waals surface area contributed by atoms with E-state index in [9.17, 15) is 8.42 Å². The highest BCUT2D eigenvalue weighted by Gasteiger charge is 2.17. The largest absolute Gasteiger partial charge is 0.377 e. The summed E-state index contributed by atoms with van der Waals surface area (Å²) in [6.07, 6.45) is 0.242. The van der Waals surface area contributed by atoms with Gasteiger partial charge in [0.1, 0.15) is 0 Å². The van der Waals surface area contributed by atoms with E-state index in [-0.39, 0.29) is 11.9 Å². The monoisotopic (exact) mass is 285 g/mol. The van der Waals surface area contributed by atoms with Crippen molar-refractivity contribution in [3.63, 3.8) is 0 Å². The lowest BCUT2D eigenvalue weighted by molar-refractivity contribution is 0.0671. The van der Waals surface area contributed by atoms with Gasteiger partial charge in [0.15, 0.2) is 9.84 Å². The standard InChI is InChI=1S/C14H23NO3S/c1-4-18-13(10-15)7-8-19(16,17)14-6-5-11(2)12(3)9-14/h5-6,9,13H,4,7-8,10,15H2,1-3H3. The summed E-state index contributed by atoms with van der Waals surface area (Å²) in [5, 5.41) is 0. The molecule has 0 amide bonds. The maximum atomic E-state index is 12.2. The van der Waals surface area contributed by atoms with Crippen molar-refractivity contribution in [2.24, 2.45) is 5.73 Å². The quantitative estimate of drug-likeness (QED) is 0.830. The summed E-state index contributed by atoms with van der Waals surface area (Å²) in [6, 6.07) is 5.23. The summed E-state index contributed by atoms with van der Waals surface area (Å²) in [4.78, 5) is 0.378. The van der Waals surface area contributed by atoms with Crippen molar-refractivity contribution >= 4 is 9.84 Å². The molecular weight excluding hydrogens is 262 g/mol. The number of hydrogen-bond acceptors (Lipinski definition) is 4. The molecule has 0 aliphatic carbocycles. The summed E-state index contributed by atoms with van der Waals surface area (Å²) >= 11 is 0. The molecule has 0 saturated heterocycles. The van der Waals surface area contributed by atoms with E-state index in [4.69, 9.17) is 10.5 Å². The smallest absolute Gasteiger partial charge is 0.178 e. The van der Waals surface area contributed by atoms with Crippen molar-refractivity contribution < 1.29 is 13.2 Å². The highest BCUT2D eigenvalue weighted by molar-refractivity contribution is 7.91. The third-order valence-electron chi connectivity index (χ3n) is 3.21. The molecule has 0 bridgehead atoms. The normalized spacial score (nSPS) is 13.5. The highest BCUT2D eigenvalue weighted by atomic mass is 32.2. The van der Waals surface area contributed by atoms with Crippen molar-refractivity contribution in [1.82, 2.24) is 0 Å². The van der Waals surface area contributed by atoms with Crippen LogP contribution < -0.4 is 5.73 Å². The molecule has 0 saturated carbocycles. The molecular formula is C14H23NO3S. The molecule has 1 aromatic carbocycles. The van der Waals surface area contributed by atoms with Crippen LogP contribution in [-0.2, 0) is 14.6 Å². The molecule has 108 valence electrons. The Kier molecular flexibility index (Phi) is 5.97. The van der Waals surface area contributed by atoms with Gasteiger partial charge in [0, 0.05) is 13.2 Å². The van der Waals surface area contributed by atoms with Crippen molar-refractivity contribution in [3.8, 4) is 0 Å². The molecule has 1 aromatic rings. The number of aryl methyl sites for hydroxylation is 2. The van der Waals surface area contributed by atoms with Gasteiger partial charge in [-0.15, -0.1) is 0 Å². The van der Waals surface area contributed by atoms with Crippen molar-refractivity contribution in [2.75, 3.05) is 18.9 Å². The second kappa shape index (κ2) is 7.03. The first-order valence-corrected chi connectivity index (χ1v) is 8.17. The van der Waals surface area contributed by atoms with E-state index >= 15 is 0 Å². The summed E-state index contributed by atoms with van der Waals surface area (Å²) in [5.41, 5.74) is 7.63. The van der Waals surface area contributed by atoms with Gasteiger partial charge in [-0.1, -0.05) is 6.07 Å². The van der Waals surface area contributed by atoms with Crippen molar-refractivity contribution in [2.45, 2.75) is 38.2 Å². The Labute approximate surface area is 115 Å².